The van der Waals surface area contributed by atoms with E-state index in [1.807, 2.05) is 0 Å². The third-order valence-corrected chi connectivity index (χ3v) is 9.87. The van der Waals surface area contributed by atoms with Crippen LogP contribution in [0.1, 0.15) is 194 Å². The van der Waals surface area contributed by atoms with Gasteiger partial charge in [-0.05, 0) is 38.5 Å². The lowest BCUT2D eigenvalue weighted by Gasteiger charge is -2.20. The number of phosphoric acid groups is 1. The Hall–Kier alpha value is -1.29. The maximum Gasteiger partial charge on any atom is 0.472 e. The lowest BCUT2D eigenvalue weighted by Crippen LogP contribution is -2.29. The highest BCUT2D eigenvalue weighted by Gasteiger charge is 2.27. The van der Waals surface area contributed by atoms with Gasteiger partial charge in [-0.3, -0.25) is 18.6 Å². The Morgan fingerprint density at radius 1 is 0.569 bits per heavy atom. The molecule has 0 heterocycles. The fraction of sp³-hybridized carbons (Fsp3) is 0.900. The van der Waals surface area contributed by atoms with Crippen molar-refractivity contribution in [3.8, 4) is 0 Å². The number of hydrogen-bond donors (Lipinski definition) is 3. The van der Waals surface area contributed by atoms with Crippen molar-refractivity contribution in [2.24, 2.45) is 0 Å². The molecule has 0 rings (SSSR count). The van der Waals surface area contributed by atoms with Crippen LogP contribution in [0.2, 0.25) is 0 Å². The van der Waals surface area contributed by atoms with Crippen LogP contribution in [0.25, 0.3) is 0 Å². The van der Waals surface area contributed by atoms with E-state index in [2.05, 4.69) is 30.5 Å². The largest absolute Gasteiger partial charge is 0.472 e. The Morgan fingerprint density at radius 2 is 0.961 bits per heavy atom. The second-order valence-corrected chi connectivity index (χ2v) is 15.5. The van der Waals surface area contributed by atoms with E-state index < -0.39 is 51.8 Å². The van der Waals surface area contributed by atoms with Crippen molar-refractivity contribution in [3.63, 3.8) is 0 Å². The molecule has 0 aliphatic rings. The number of ether oxygens (including phenoxy) is 2. The van der Waals surface area contributed by atoms with Crippen molar-refractivity contribution in [2.45, 2.75) is 206 Å². The molecule has 0 radical (unpaired) electrons. The molecule has 0 fully saturated rings. The van der Waals surface area contributed by atoms with Crippen LogP contribution in [0, 0.1) is 0 Å². The van der Waals surface area contributed by atoms with E-state index in [1.165, 1.54) is 103 Å². The van der Waals surface area contributed by atoms with Crippen LogP contribution in [-0.2, 0) is 32.7 Å². The zero-order valence-electron chi connectivity index (χ0n) is 32.6. The summed E-state index contributed by atoms with van der Waals surface area (Å²) >= 11 is 0. The van der Waals surface area contributed by atoms with Crippen molar-refractivity contribution >= 4 is 19.8 Å². The summed E-state index contributed by atoms with van der Waals surface area (Å²) in [7, 11) is -4.61. The molecule has 0 aromatic carbocycles. The van der Waals surface area contributed by atoms with E-state index in [0.29, 0.717) is 12.8 Å². The first-order valence-electron chi connectivity index (χ1n) is 20.6. The van der Waals surface area contributed by atoms with Gasteiger partial charge in [0.05, 0.1) is 19.8 Å². The molecule has 10 nitrogen and oxygen atoms in total. The molecule has 0 amide bonds. The van der Waals surface area contributed by atoms with Crippen molar-refractivity contribution in [1.82, 2.24) is 0 Å². The number of carbonyl (C=O) groups is 2. The van der Waals surface area contributed by atoms with Crippen LogP contribution in [0.3, 0.4) is 0 Å². The molecule has 3 atom stereocenters. The van der Waals surface area contributed by atoms with Crippen LogP contribution >= 0.6 is 7.82 Å². The first-order chi connectivity index (χ1) is 24.7. The van der Waals surface area contributed by atoms with Gasteiger partial charge < -0.3 is 24.6 Å². The zero-order chi connectivity index (χ0) is 37.7. The summed E-state index contributed by atoms with van der Waals surface area (Å²) in [6, 6.07) is 0. The molecule has 0 saturated heterocycles. The summed E-state index contributed by atoms with van der Waals surface area (Å²) in [5.41, 5.74) is 0. The van der Waals surface area contributed by atoms with Crippen molar-refractivity contribution in [1.29, 1.82) is 0 Å². The van der Waals surface area contributed by atoms with Crippen LogP contribution < -0.4 is 0 Å². The number of esters is 2. The van der Waals surface area contributed by atoms with Crippen LogP contribution in [0.15, 0.2) is 12.2 Å². The van der Waals surface area contributed by atoms with Crippen LogP contribution in [-0.4, -0.2) is 65.7 Å². The number of carbonyl (C=O) groups excluding carboxylic acids is 2. The lowest BCUT2D eigenvalue weighted by molar-refractivity contribution is -0.161. The third kappa shape index (κ3) is 36.8. The number of rotatable bonds is 39. The van der Waals surface area contributed by atoms with Crippen LogP contribution in [0.5, 0.6) is 0 Å². The number of hydrogen-bond acceptors (Lipinski definition) is 9. The Labute approximate surface area is 311 Å². The van der Waals surface area contributed by atoms with Gasteiger partial charge in [0.25, 0.3) is 0 Å². The molecule has 0 aliphatic carbocycles. The minimum absolute atomic E-state index is 0.188. The van der Waals surface area contributed by atoms with Gasteiger partial charge in [0.1, 0.15) is 12.7 Å². The highest BCUT2D eigenvalue weighted by molar-refractivity contribution is 7.47. The fourth-order valence-corrected chi connectivity index (χ4v) is 6.48. The maximum atomic E-state index is 12.6. The summed E-state index contributed by atoms with van der Waals surface area (Å²) in [5.74, 6) is -0.927. The Bertz CT molecular complexity index is 868. The Morgan fingerprint density at radius 3 is 1.41 bits per heavy atom. The van der Waals surface area contributed by atoms with Gasteiger partial charge in [-0.2, -0.15) is 0 Å². The topological polar surface area (TPSA) is 149 Å². The second-order valence-electron chi connectivity index (χ2n) is 14.0. The molecule has 3 unspecified atom stereocenters. The van der Waals surface area contributed by atoms with Gasteiger partial charge >= 0.3 is 19.8 Å². The summed E-state index contributed by atoms with van der Waals surface area (Å²) in [6.07, 6.45) is 33.2. The van der Waals surface area contributed by atoms with E-state index in [0.717, 1.165) is 51.4 Å². The van der Waals surface area contributed by atoms with Gasteiger partial charge in [0.2, 0.25) is 0 Å². The molecule has 0 spiro atoms. The lowest BCUT2D eigenvalue weighted by atomic mass is 10.0. The molecule has 0 aromatic rings. The standard InChI is InChI=1S/C40H77O10P/c1-3-5-7-9-11-13-15-17-18-20-21-23-25-27-29-31-39(43)47-35-38(36-49-51(45,46)48-34-37(42)33-41)50-40(44)32-30-28-26-24-22-19-16-14-12-10-8-6-4-2/h17-18,37-38,41-42H,3-16,19-36H2,1-2H3,(H,45,46). The Balaban J connectivity index is 4.31. The summed E-state index contributed by atoms with van der Waals surface area (Å²) in [5, 5.41) is 18.3. The average Bonchev–Trinajstić information content (AvgIpc) is 3.12. The molecular formula is C40H77O10P. The Kier molecular flexibility index (Phi) is 36.1. The first kappa shape index (κ1) is 49.7. The van der Waals surface area contributed by atoms with Gasteiger partial charge in [0, 0.05) is 12.8 Å². The second kappa shape index (κ2) is 37.0. The normalized spacial score (nSPS) is 14.1. The predicted octanol–water partition coefficient (Wildman–Crippen LogP) is 10.4. The molecule has 11 heteroatoms. The summed E-state index contributed by atoms with van der Waals surface area (Å²) in [4.78, 5) is 34.9. The minimum atomic E-state index is -4.61. The molecule has 51 heavy (non-hydrogen) atoms. The summed E-state index contributed by atoms with van der Waals surface area (Å²) in [6.45, 7) is 2.37. The minimum Gasteiger partial charge on any atom is -0.462 e. The van der Waals surface area contributed by atoms with E-state index in [9.17, 15) is 24.2 Å². The molecule has 0 bridgehead atoms. The molecule has 0 aliphatic heterocycles. The average molecular weight is 749 g/mol. The van der Waals surface area contributed by atoms with Gasteiger partial charge in [-0.1, -0.05) is 154 Å². The van der Waals surface area contributed by atoms with Crippen molar-refractivity contribution in [2.75, 3.05) is 26.4 Å². The van der Waals surface area contributed by atoms with E-state index in [4.69, 9.17) is 19.1 Å². The van der Waals surface area contributed by atoms with E-state index in [1.54, 1.807) is 0 Å². The van der Waals surface area contributed by atoms with E-state index in [-0.39, 0.29) is 19.4 Å². The monoisotopic (exact) mass is 749 g/mol. The number of unbranched alkanes of at least 4 members (excludes halogenated alkanes) is 23. The number of phosphoric ester groups is 1. The molecule has 0 saturated carbocycles. The highest BCUT2D eigenvalue weighted by atomic mass is 31.2. The SMILES string of the molecule is CCCCCCCCC=CCCCCCCCC(=O)OCC(COP(=O)(O)OCC(O)CO)OC(=O)CCCCCCCCCCCCCCC. The quantitative estimate of drug-likeness (QED) is 0.0240. The number of aliphatic hydroxyl groups is 2. The van der Waals surface area contributed by atoms with Gasteiger partial charge in [0.15, 0.2) is 6.10 Å². The third-order valence-electron chi connectivity index (χ3n) is 8.92. The van der Waals surface area contributed by atoms with E-state index >= 15 is 0 Å². The van der Waals surface area contributed by atoms with Gasteiger partial charge in [-0.15, -0.1) is 0 Å². The fourth-order valence-electron chi connectivity index (χ4n) is 5.69. The van der Waals surface area contributed by atoms with Gasteiger partial charge in [-0.25, -0.2) is 4.57 Å². The molecular weight excluding hydrogens is 671 g/mol. The number of aliphatic hydroxyl groups excluding tert-OH is 2. The smallest absolute Gasteiger partial charge is 0.462 e. The highest BCUT2D eigenvalue weighted by Crippen LogP contribution is 2.43. The maximum absolute atomic E-state index is 12.6. The first-order valence-corrected chi connectivity index (χ1v) is 22.1. The van der Waals surface area contributed by atoms with Crippen LogP contribution in [0.4, 0.5) is 0 Å². The number of allylic oxidation sites excluding steroid dienone is 2. The summed E-state index contributed by atoms with van der Waals surface area (Å²) < 4.78 is 32.6. The van der Waals surface area contributed by atoms with Crippen molar-refractivity contribution < 1.29 is 47.8 Å². The molecule has 3 N–H and O–H groups in total. The molecule has 0 aromatic heterocycles. The predicted molar refractivity (Wildman–Crippen MR) is 205 cm³/mol. The van der Waals surface area contributed by atoms with Crippen molar-refractivity contribution in [3.05, 3.63) is 12.2 Å². The zero-order valence-corrected chi connectivity index (χ0v) is 33.5. The molecule has 302 valence electrons.